The maximum Gasteiger partial charge on any atom is 0.211 e. The molecule has 0 amide bonds. The Hall–Kier alpha value is -2.89. The largest absolute Gasteiger partial charge is 0.504 e. The molecule has 120 valence electrons. The van der Waals surface area contributed by atoms with Crippen LogP contribution in [0.5, 0.6) is 28.7 Å². The number of hydrogen-bond acceptors (Lipinski definition) is 6. The fourth-order valence-corrected chi connectivity index (χ4v) is 2.71. The number of ether oxygens (including phenoxy) is 3. The monoisotopic (exact) mass is 316 g/mol. The number of phenolic OH excluding ortho intramolecular Hbond substituents is 2. The van der Waals surface area contributed by atoms with Crippen molar-refractivity contribution < 1.29 is 29.2 Å². The number of methoxy groups -OCH3 is 2. The molecule has 3 rings (SSSR count). The number of carbonyl (C=O) groups excluding carboxylic acids is 1. The summed E-state index contributed by atoms with van der Waals surface area (Å²) >= 11 is 0. The van der Waals surface area contributed by atoms with Crippen molar-refractivity contribution in [1.82, 2.24) is 0 Å². The average molecular weight is 316 g/mol. The number of Topliss-reactive ketones (excluding diaryl/α,β-unsaturated/α-hetero) is 1. The van der Waals surface area contributed by atoms with Crippen molar-refractivity contribution in [3.63, 3.8) is 0 Å². The van der Waals surface area contributed by atoms with Crippen LogP contribution in [0, 0.1) is 0 Å². The van der Waals surface area contributed by atoms with E-state index >= 15 is 0 Å². The predicted molar refractivity (Wildman–Crippen MR) is 81.6 cm³/mol. The number of ketones is 1. The molecule has 0 aromatic heterocycles. The lowest BCUT2D eigenvalue weighted by Gasteiger charge is -2.28. The molecule has 0 fully saturated rings. The third-order valence-electron chi connectivity index (χ3n) is 3.81. The number of benzene rings is 2. The molecular weight excluding hydrogens is 300 g/mol. The smallest absolute Gasteiger partial charge is 0.211 e. The maximum atomic E-state index is 12.5. The third-order valence-corrected chi connectivity index (χ3v) is 3.81. The summed E-state index contributed by atoms with van der Waals surface area (Å²) < 4.78 is 16.2. The standard InChI is InChI=1S/C17H16O6/c1-21-16-14(20)13(19)12-10(18)8-11(9-6-4-3-5-7-9)23-15(12)17(16)22-2/h3-7,11,19-20H,8H2,1-2H3. The Morgan fingerprint density at radius 2 is 1.70 bits per heavy atom. The minimum atomic E-state index is -0.561. The highest BCUT2D eigenvalue weighted by Crippen LogP contribution is 2.55. The summed E-state index contributed by atoms with van der Waals surface area (Å²) in [6, 6.07) is 9.28. The van der Waals surface area contributed by atoms with Crippen LogP contribution in [0.4, 0.5) is 0 Å². The molecule has 0 radical (unpaired) electrons. The van der Waals surface area contributed by atoms with Crippen molar-refractivity contribution in [3.05, 3.63) is 41.5 Å². The van der Waals surface area contributed by atoms with Gasteiger partial charge in [0.05, 0.1) is 20.6 Å². The molecule has 1 heterocycles. The summed E-state index contributed by atoms with van der Waals surface area (Å²) in [4.78, 5) is 12.5. The van der Waals surface area contributed by atoms with Gasteiger partial charge in [0, 0.05) is 0 Å². The molecule has 2 aromatic rings. The van der Waals surface area contributed by atoms with Gasteiger partial charge in [0.25, 0.3) is 0 Å². The van der Waals surface area contributed by atoms with Crippen LogP contribution in [0.25, 0.3) is 0 Å². The lowest BCUT2D eigenvalue weighted by atomic mass is 9.94. The van der Waals surface area contributed by atoms with Crippen molar-refractivity contribution >= 4 is 5.78 Å². The zero-order valence-electron chi connectivity index (χ0n) is 12.7. The molecule has 0 bridgehead atoms. The Labute approximate surface area is 132 Å². The van der Waals surface area contributed by atoms with Crippen LogP contribution in [0.3, 0.4) is 0 Å². The number of carbonyl (C=O) groups is 1. The number of fused-ring (bicyclic) bond motifs is 1. The maximum absolute atomic E-state index is 12.5. The van der Waals surface area contributed by atoms with E-state index in [1.165, 1.54) is 14.2 Å². The Balaban J connectivity index is 2.17. The van der Waals surface area contributed by atoms with Crippen molar-refractivity contribution in [2.24, 2.45) is 0 Å². The van der Waals surface area contributed by atoms with Crippen LogP contribution in [-0.2, 0) is 0 Å². The minimum Gasteiger partial charge on any atom is -0.504 e. The molecule has 1 aliphatic rings. The number of rotatable bonds is 3. The van der Waals surface area contributed by atoms with E-state index in [1.807, 2.05) is 30.3 Å². The normalized spacial score (nSPS) is 16.4. The summed E-state index contributed by atoms with van der Waals surface area (Å²) in [5.41, 5.74) is 0.743. The van der Waals surface area contributed by atoms with E-state index in [2.05, 4.69) is 0 Å². The van der Waals surface area contributed by atoms with Crippen LogP contribution in [-0.4, -0.2) is 30.2 Å². The van der Waals surface area contributed by atoms with E-state index in [-0.39, 0.29) is 35.0 Å². The highest BCUT2D eigenvalue weighted by Gasteiger charge is 2.37. The van der Waals surface area contributed by atoms with Crippen molar-refractivity contribution in [2.45, 2.75) is 12.5 Å². The number of aromatic hydroxyl groups is 2. The van der Waals surface area contributed by atoms with Gasteiger partial charge in [0.15, 0.2) is 17.3 Å². The van der Waals surface area contributed by atoms with E-state index in [0.29, 0.717) is 0 Å². The van der Waals surface area contributed by atoms with Gasteiger partial charge in [0.1, 0.15) is 11.7 Å². The quantitative estimate of drug-likeness (QED) is 0.847. The first kappa shape index (κ1) is 15.0. The van der Waals surface area contributed by atoms with Gasteiger partial charge in [0.2, 0.25) is 17.2 Å². The van der Waals surface area contributed by atoms with E-state index < -0.39 is 17.6 Å². The molecule has 0 spiro atoms. The van der Waals surface area contributed by atoms with E-state index in [9.17, 15) is 15.0 Å². The van der Waals surface area contributed by atoms with Gasteiger partial charge in [-0.05, 0) is 5.56 Å². The Morgan fingerprint density at radius 1 is 1.04 bits per heavy atom. The molecule has 1 unspecified atom stereocenters. The molecule has 6 nitrogen and oxygen atoms in total. The Morgan fingerprint density at radius 3 is 2.30 bits per heavy atom. The number of phenols is 2. The summed E-state index contributed by atoms with van der Waals surface area (Å²) in [7, 11) is 2.69. The summed E-state index contributed by atoms with van der Waals surface area (Å²) in [5.74, 6) is -1.37. The topological polar surface area (TPSA) is 85.2 Å². The minimum absolute atomic E-state index is 0.0551. The lowest BCUT2D eigenvalue weighted by molar-refractivity contribution is 0.0834. The van der Waals surface area contributed by atoms with Gasteiger partial charge in [-0.25, -0.2) is 0 Å². The molecule has 0 saturated carbocycles. The molecule has 0 saturated heterocycles. The highest BCUT2D eigenvalue weighted by molar-refractivity contribution is 6.05. The zero-order valence-corrected chi connectivity index (χ0v) is 12.7. The van der Waals surface area contributed by atoms with E-state index in [0.717, 1.165) is 5.56 Å². The van der Waals surface area contributed by atoms with Gasteiger partial charge >= 0.3 is 0 Å². The molecule has 2 N–H and O–H groups in total. The lowest BCUT2D eigenvalue weighted by Crippen LogP contribution is -2.21. The van der Waals surface area contributed by atoms with Gasteiger partial charge < -0.3 is 24.4 Å². The van der Waals surface area contributed by atoms with Crippen LogP contribution in [0.1, 0.15) is 28.4 Å². The van der Waals surface area contributed by atoms with Crippen LogP contribution in [0.15, 0.2) is 30.3 Å². The van der Waals surface area contributed by atoms with Crippen LogP contribution >= 0.6 is 0 Å². The first-order valence-corrected chi connectivity index (χ1v) is 7.03. The van der Waals surface area contributed by atoms with Crippen LogP contribution < -0.4 is 14.2 Å². The number of hydrogen-bond donors (Lipinski definition) is 2. The SMILES string of the molecule is COc1c(O)c(O)c2c(c1OC)OC(c1ccccc1)CC2=O. The molecule has 2 aromatic carbocycles. The second-order valence-corrected chi connectivity index (χ2v) is 5.11. The fraction of sp³-hybridized carbons (Fsp3) is 0.235. The Bertz CT molecular complexity index is 754. The predicted octanol–water partition coefficient (Wildman–Crippen LogP) is 2.82. The first-order chi connectivity index (χ1) is 11.1. The summed E-state index contributed by atoms with van der Waals surface area (Å²) in [6.45, 7) is 0. The zero-order chi connectivity index (χ0) is 16.6. The van der Waals surface area contributed by atoms with Gasteiger partial charge in [-0.2, -0.15) is 0 Å². The van der Waals surface area contributed by atoms with Crippen molar-refractivity contribution in [2.75, 3.05) is 14.2 Å². The molecule has 0 aliphatic carbocycles. The average Bonchev–Trinajstić information content (AvgIpc) is 2.58. The summed E-state index contributed by atoms with van der Waals surface area (Å²) in [6.07, 6.45) is -0.446. The molecule has 6 heteroatoms. The summed E-state index contributed by atoms with van der Waals surface area (Å²) in [5, 5.41) is 20.1. The van der Waals surface area contributed by atoms with E-state index in [1.54, 1.807) is 0 Å². The molecule has 1 atom stereocenters. The van der Waals surface area contributed by atoms with E-state index in [4.69, 9.17) is 14.2 Å². The highest BCUT2D eigenvalue weighted by atomic mass is 16.5. The third kappa shape index (κ3) is 2.32. The fourth-order valence-electron chi connectivity index (χ4n) is 2.71. The molecule has 23 heavy (non-hydrogen) atoms. The molecule has 1 aliphatic heterocycles. The van der Waals surface area contributed by atoms with Gasteiger partial charge in [-0.3, -0.25) is 4.79 Å². The van der Waals surface area contributed by atoms with Gasteiger partial charge in [-0.15, -0.1) is 0 Å². The Kier molecular flexibility index (Phi) is 3.73. The second-order valence-electron chi connectivity index (χ2n) is 5.11. The molecular formula is C17H16O6. The van der Waals surface area contributed by atoms with Crippen molar-refractivity contribution in [3.8, 4) is 28.7 Å². The van der Waals surface area contributed by atoms with Crippen molar-refractivity contribution in [1.29, 1.82) is 0 Å². The second kappa shape index (κ2) is 5.72. The van der Waals surface area contributed by atoms with Gasteiger partial charge in [-0.1, -0.05) is 30.3 Å². The first-order valence-electron chi connectivity index (χ1n) is 7.03. The van der Waals surface area contributed by atoms with Crippen LogP contribution in [0.2, 0.25) is 0 Å².